The van der Waals surface area contributed by atoms with Gasteiger partial charge in [-0.1, -0.05) is 18.2 Å². The van der Waals surface area contributed by atoms with Crippen molar-refractivity contribution in [1.82, 2.24) is 5.43 Å². The summed E-state index contributed by atoms with van der Waals surface area (Å²) in [7, 11) is 0. The van der Waals surface area contributed by atoms with E-state index in [1.54, 1.807) is 6.07 Å². The van der Waals surface area contributed by atoms with Crippen LogP contribution in [0.5, 0.6) is 0 Å². The van der Waals surface area contributed by atoms with Gasteiger partial charge in [-0.15, -0.1) is 0 Å². The number of hydrazone groups is 1. The van der Waals surface area contributed by atoms with Crippen LogP contribution in [0.2, 0.25) is 0 Å². The second-order valence-electron chi connectivity index (χ2n) is 2.98. The summed E-state index contributed by atoms with van der Waals surface area (Å²) < 4.78 is 13.2. The number of nitrogens with one attached hydrogen (secondary N) is 1. The molecular weight excluding hydrogens is 213 g/mol. The van der Waals surface area contributed by atoms with Crippen molar-refractivity contribution in [2.24, 2.45) is 10.8 Å². The van der Waals surface area contributed by atoms with Gasteiger partial charge in [-0.3, -0.25) is 9.59 Å². The number of nitrogens with zero attached hydrogens (tertiary/aromatic N) is 1. The third-order valence-corrected chi connectivity index (χ3v) is 1.81. The van der Waals surface area contributed by atoms with E-state index in [9.17, 15) is 14.0 Å². The zero-order valence-electron chi connectivity index (χ0n) is 8.53. The first kappa shape index (κ1) is 11.8. The van der Waals surface area contributed by atoms with Gasteiger partial charge in [0.05, 0.1) is 5.71 Å². The standard InChI is InChI=1S/C10H10FN3O2/c1-6(13-14-10(16)9(12)15)7-4-2-3-5-8(7)11/h2-5H,1H3,(H2,12,15)(H,14,16)/b13-6-. The van der Waals surface area contributed by atoms with Gasteiger partial charge < -0.3 is 5.73 Å². The molecule has 0 bridgehead atoms. The molecule has 1 aromatic carbocycles. The summed E-state index contributed by atoms with van der Waals surface area (Å²) in [5.41, 5.74) is 7.10. The van der Waals surface area contributed by atoms with Gasteiger partial charge >= 0.3 is 11.8 Å². The smallest absolute Gasteiger partial charge is 0.329 e. The van der Waals surface area contributed by atoms with E-state index in [0.29, 0.717) is 0 Å². The minimum absolute atomic E-state index is 0.243. The highest BCUT2D eigenvalue weighted by atomic mass is 19.1. The van der Waals surface area contributed by atoms with Gasteiger partial charge in [0.25, 0.3) is 0 Å². The fraction of sp³-hybridized carbons (Fsp3) is 0.100. The number of halogens is 1. The molecule has 0 saturated carbocycles. The Hall–Kier alpha value is -2.24. The fourth-order valence-corrected chi connectivity index (χ4v) is 1.00. The molecule has 0 radical (unpaired) electrons. The minimum atomic E-state index is -1.15. The zero-order valence-corrected chi connectivity index (χ0v) is 8.53. The second kappa shape index (κ2) is 5.01. The summed E-state index contributed by atoms with van der Waals surface area (Å²) in [6.07, 6.45) is 0. The molecule has 3 N–H and O–H groups in total. The Kier molecular flexibility index (Phi) is 3.71. The third-order valence-electron chi connectivity index (χ3n) is 1.81. The molecule has 0 atom stereocenters. The van der Waals surface area contributed by atoms with Gasteiger partial charge in [0.15, 0.2) is 0 Å². The number of carbonyl (C=O) groups excluding carboxylic acids is 2. The van der Waals surface area contributed by atoms with Crippen molar-refractivity contribution in [3.63, 3.8) is 0 Å². The molecule has 5 nitrogen and oxygen atoms in total. The number of amides is 2. The van der Waals surface area contributed by atoms with Crippen LogP contribution in [0.4, 0.5) is 4.39 Å². The molecule has 1 aromatic rings. The molecule has 0 aromatic heterocycles. The average Bonchev–Trinajstić information content (AvgIpc) is 2.25. The molecule has 0 unspecified atom stereocenters. The number of hydrogen-bond acceptors (Lipinski definition) is 3. The Bertz CT molecular complexity index is 457. The van der Waals surface area contributed by atoms with Crippen molar-refractivity contribution in [1.29, 1.82) is 0 Å². The molecule has 6 heteroatoms. The molecular formula is C10H10FN3O2. The van der Waals surface area contributed by atoms with Gasteiger partial charge in [0.2, 0.25) is 0 Å². The first-order valence-corrected chi connectivity index (χ1v) is 4.41. The number of benzene rings is 1. The molecule has 0 aliphatic rings. The highest BCUT2D eigenvalue weighted by Gasteiger charge is 2.08. The molecule has 0 saturated heterocycles. The molecule has 1 rings (SSSR count). The van der Waals surface area contributed by atoms with Gasteiger partial charge in [-0.05, 0) is 13.0 Å². The van der Waals surface area contributed by atoms with Crippen LogP contribution in [0.1, 0.15) is 12.5 Å². The molecule has 0 heterocycles. The monoisotopic (exact) mass is 223 g/mol. The molecule has 0 spiro atoms. The van der Waals surface area contributed by atoms with Crippen LogP contribution in [-0.2, 0) is 9.59 Å². The van der Waals surface area contributed by atoms with E-state index in [4.69, 9.17) is 5.73 Å². The van der Waals surface area contributed by atoms with E-state index in [2.05, 4.69) is 5.10 Å². The van der Waals surface area contributed by atoms with E-state index < -0.39 is 17.6 Å². The Labute approximate surface area is 91.1 Å². The topological polar surface area (TPSA) is 84.6 Å². The maximum atomic E-state index is 13.2. The Morgan fingerprint density at radius 2 is 2.00 bits per heavy atom. The first-order chi connectivity index (χ1) is 7.52. The van der Waals surface area contributed by atoms with Crippen molar-refractivity contribution in [2.75, 3.05) is 0 Å². The van der Waals surface area contributed by atoms with Gasteiger partial charge in [0.1, 0.15) is 5.82 Å². The lowest BCUT2D eigenvalue weighted by Gasteiger charge is -2.02. The van der Waals surface area contributed by atoms with Crippen molar-refractivity contribution >= 4 is 17.5 Å². The van der Waals surface area contributed by atoms with E-state index in [0.717, 1.165) is 0 Å². The van der Waals surface area contributed by atoms with Crippen molar-refractivity contribution in [3.05, 3.63) is 35.6 Å². The number of nitrogens with two attached hydrogens (primary N) is 1. The Morgan fingerprint density at radius 1 is 1.38 bits per heavy atom. The average molecular weight is 223 g/mol. The summed E-state index contributed by atoms with van der Waals surface area (Å²) >= 11 is 0. The normalized spacial score (nSPS) is 11.0. The molecule has 0 aliphatic heterocycles. The highest BCUT2D eigenvalue weighted by molar-refractivity contribution is 6.34. The van der Waals surface area contributed by atoms with E-state index >= 15 is 0 Å². The lowest BCUT2D eigenvalue weighted by atomic mass is 10.1. The lowest BCUT2D eigenvalue weighted by molar-refractivity contribution is -0.137. The predicted octanol–water partition coefficient (Wildman–Crippen LogP) is 0.151. The van der Waals surface area contributed by atoms with Crippen LogP contribution < -0.4 is 11.2 Å². The van der Waals surface area contributed by atoms with Gasteiger partial charge in [-0.25, -0.2) is 9.82 Å². The maximum absolute atomic E-state index is 13.2. The molecule has 0 fully saturated rings. The molecule has 16 heavy (non-hydrogen) atoms. The number of hydrogen-bond donors (Lipinski definition) is 2. The minimum Gasteiger partial charge on any atom is -0.361 e. The largest absolute Gasteiger partial charge is 0.361 e. The highest BCUT2D eigenvalue weighted by Crippen LogP contribution is 2.06. The summed E-state index contributed by atoms with van der Waals surface area (Å²) in [6, 6.07) is 5.94. The summed E-state index contributed by atoms with van der Waals surface area (Å²) in [5, 5.41) is 3.55. The Balaban J connectivity index is 2.83. The number of carbonyl (C=O) groups is 2. The molecule has 0 aliphatic carbocycles. The zero-order chi connectivity index (χ0) is 12.1. The van der Waals surface area contributed by atoms with Gasteiger partial charge in [-0.2, -0.15) is 5.10 Å². The first-order valence-electron chi connectivity index (χ1n) is 4.41. The van der Waals surface area contributed by atoms with E-state index in [1.807, 2.05) is 5.43 Å². The molecule has 2 amide bonds. The third kappa shape index (κ3) is 2.88. The van der Waals surface area contributed by atoms with Gasteiger partial charge in [0, 0.05) is 5.56 Å². The van der Waals surface area contributed by atoms with E-state index in [1.165, 1.54) is 25.1 Å². The fourth-order valence-electron chi connectivity index (χ4n) is 1.00. The van der Waals surface area contributed by atoms with E-state index in [-0.39, 0.29) is 11.3 Å². The predicted molar refractivity (Wildman–Crippen MR) is 55.9 cm³/mol. The van der Waals surface area contributed by atoms with Crippen LogP contribution in [0.15, 0.2) is 29.4 Å². The van der Waals surface area contributed by atoms with Crippen LogP contribution in [0.3, 0.4) is 0 Å². The summed E-state index contributed by atoms with van der Waals surface area (Å²) in [5.74, 6) is -2.65. The van der Waals surface area contributed by atoms with Crippen molar-refractivity contribution in [2.45, 2.75) is 6.92 Å². The SMILES string of the molecule is C/C(=N/NC(=O)C(N)=O)c1ccccc1F. The summed E-state index contributed by atoms with van der Waals surface area (Å²) in [6.45, 7) is 1.50. The second-order valence-corrected chi connectivity index (χ2v) is 2.98. The van der Waals surface area contributed by atoms with Crippen LogP contribution in [-0.4, -0.2) is 17.5 Å². The van der Waals surface area contributed by atoms with Crippen LogP contribution in [0.25, 0.3) is 0 Å². The lowest BCUT2D eigenvalue weighted by Crippen LogP contribution is -2.33. The Morgan fingerprint density at radius 3 is 2.56 bits per heavy atom. The van der Waals surface area contributed by atoms with Crippen LogP contribution >= 0.6 is 0 Å². The summed E-state index contributed by atoms with van der Waals surface area (Å²) in [4.78, 5) is 21.2. The number of rotatable bonds is 2. The quantitative estimate of drug-likeness (QED) is 0.425. The molecule has 84 valence electrons. The number of primary amides is 1. The maximum Gasteiger partial charge on any atom is 0.329 e. The van der Waals surface area contributed by atoms with Crippen LogP contribution in [0, 0.1) is 5.82 Å². The van der Waals surface area contributed by atoms with Crippen molar-refractivity contribution < 1.29 is 14.0 Å². The van der Waals surface area contributed by atoms with Crippen molar-refractivity contribution in [3.8, 4) is 0 Å².